The summed E-state index contributed by atoms with van der Waals surface area (Å²) in [6.45, 7) is 4.26. The summed E-state index contributed by atoms with van der Waals surface area (Å²) < 4.78 is 17.6. The van der Waals surface area contributed by atoms with Gasteiger partial charge in [0.05, 0.1) is 5.56 Å². The van der Waals surface area contributed by atoms with Crippen LogP contribution in [0, 0.1) is 13.8 Å². The van der Waals surface area contributed by atoms with Crippen LogP contribution >= 0.6 is 11.3 Å². The van der Waals surface area contributed by atoms with Gasteiger partial charge in [0.2, 0.25) is 11.9 Å². The van der Waals surface area contributed by atoms with Crippen molar-refractivity contribution in [2.24, 2.45) is 7.05 Å². The van der Waals surface area contributed by atoms with Gasteiger partial charge in [-0.2, -0.15) is 4.57 Å². The van der Waals surface area contributed by atoms with Crippen LogP contribution in [0.3, 0.4) is 0 Å². The minimum atomic E-state index is 0.892. The van der Waals surface area contributed by atoms with E-state index in [0.717, 1.165) is 55.1 Å². The summed E-state index contributed by atoms with van der Waals surface area (Å²) in [7, 11) is 2.08. The first kappa shape index (κ1) is 20.1. The number of hydrogen-bond acceptors (Lipinski definition) is 3. The van der Waals surface area contributed by atoms with E-state index in [0.29, 0.717) is 0 Å². The van der Waals surface area contributed by atoms with Crippen molar-refractivity contribution < 1.29 is 13.4 Å². The van der Waals surface area contributed by atoms with Crippen molar-refractivity contribution >= 4 is 75.4 Å². The molecule has 8 aromatic rings. The average molecular weight is 485 g/mol. The van der Waals surface area contributed by atoms with Crippen molar-refractivity contribution in [3.05, 3.63) is 90.1 Å². The first-order chi connectivity index (χ1) is 17.5. The van der Waals surface area contributed by atoms with Crippen LogP contribution in [0.1, 0.15) is 11.1 Å². The highest BCUT2D eigenvalue weighted by molar-refractivity contribution is 7.25. The molecular weight excluding hydrogens is 462 g/mol. The molecule has 0 N–H and O–H groups in total. The van der Waals surface area contributed by atoms with E-state index in [1.807, 2.05) is 11.3 Å². The minimum Gasteiger partial charge on any atom is -0.455 e. The molecule has 0 saturated carbocycles. The first-order valence-corrected chi connectivity index (χ1v) is 13.0. The van der Waals surface area contributed by atoms with E-state index >= 15 is 0 Å². The van der Waals surface area contributed by atoms with Gasteiger partial charge >= 0.3 is 0 Å². The lowest BCUT2D eigenvalue weighted by Gasteiger charge is -2.05. The summed E-state index contributed by atoms with van der Waals surface area (Å²) in [5.41, 5.74) is 8.31. The number of thiophene rings is 1. The van der Waals surface area contributed by atoms with E-state index in [4.69, 9.17) is 8.83 Å². The van der Waals surface area contributed by atoms with Gasteiger partial charge in [0.1, 0.15) is 23.8 Å². The number of pyridine rings is 1. The van der Waals surface area contributed by atoms with Gasteiger partial charge in [0.25, 0.3) is 0 Å². The Hall–Kier alpha value is -4.15. The molecule has 0 bridgehead atoms. The van der Waals surface area contributed by atoms with Crippen molar-refractivity contribution in [3.63, 3.8) is 0 Å². The Morgan fingerprint density at radius 2 is 1.44 bits per heavy atom. The number of aryl methyl sites for hydroxylation is 3. The van der Waals surface area contributed by atoms with Crippen molar-refractivity contribution in [2.45, 2.75) is 13.8 Å². The van der Waals surface area contributed by atoms with Crippen LogP contribution in [0.4, 0.5) is 0 Å². The minimum absolute atomic E-state index is 0.892. The van der Waals surface area contributed by atoms with E-state index in [-0.39, 0.29) is 0 Å². The predicted octanol–water partition coefficient (Wildman–Crippen LogP) is 8.96. The molecule has 0 unspecified atom stereocenters. The van der Waals surface area contributed by atoms with Gasteiger partial charge < -0.3 is 8.83 Å². The Morgan fingerprint density at radius 3 is 2.36 bits per heavy atom. The van der Waals surface area contributed by atoms with Crippen LogP contribution in [0.25, 0.3) is 75.3 Å². The number of hydrogen-bond donors (Lipinski definition) is 0. The number of rotatable bonds is 1. The molecule has 0 saturated heterocycles. The van der Waals surface area contributed by atoms with Gasteiger partial charge in [-0.3, -0.25) is 0 Å². The zero-order chi connectivity index (χ0) is 24.1. The second kappa shape index (κ2) is 6.96. The molecule has 8 rings (SSSR count). The van der Waals surface area contributed by atoms with Crippen LogP contribution in [0.15, 0.2) is 87.8 Å². The second-order valence-electron chi connectivity index (χ2n) is 9.83. The largest absolute Gasteiger partial charge is 0.455 e. The van der Waals surface area contributed by atoms with E-state index in [1.165, 1.54) is 31.3 Å². The molecule has 4 heteroatoms. The standard InChI is InChI=1S/C32H22NO2S/c1-17-8-10-19-21-11-9-18(2)31(32(21)35-26(19)12-17)25-13-22-23-15-30-24(20-6-4-5-7-29(20)36-30)14-27(23)34-28(22)16-33(25)3/h4-16H,1-3H3/q+1. The number of fused-ring (bicyclic) bond motifs is 9. The molecule has 0 spiro atoms. The van der Waals surface area contributed by atoms with Crippen molar-refractivity contribution in [2.75, 3.05) is 0 Å². The normalized spacial score (nSPS) is 12.3. The number of benzene rings is 4. The fourth-order valence-corrected chi connectivity index (χ4v) is 6.82. The number of aromatic nitrogens is 1. The van der Waals surface area contributed by atoms with Gasteiger partial charge in [-0.05, 0) is 49.2 Å². The summed E-state index contributed by atoms with van der Waals surface area (Å²) in [5.74, 6) is 0. The molecule has 0 aliphatic carbocycles. The van der Waals surface area contributed by atoms with Gasteiger partial charge in [0, 0.05) is 47.8 Å². The van der Waals surface area contributed by atoms with Gasteiger partial charge in [-0.1, -0.05) is 42.5 Å². The molecule has 4 heterocycles. The summed E-state index contributed by atoms with van der Waals surface area (Å²) in [6, 6.07) is 26.2. The predicted molar refractivity (Wildman–Crippen MR) is 150 cm³/mol. The molecule has 4 aromatic carbocycles. The highest BCUT2D eigenvalue weighted by Gasteiger charge is 2.23. The molecule has 0 amide bonds. The van der Waals surface area contributed by atoms with Crippen molar-refractivity contribution in [1.82, 2.24) is 0 Å². The van der Waals surface area contributed by atoms with Gasteiger partial charge in [-0.15, -0.1) is 11.3 Å². The molecule has 0 atom stereocenters. The van der Waals surface area contributed by atoms with E-state index in [2.05, 4.69) is 104 Å². The second-order valence-corrected chi connectivity index (χ2v) is 10.9. The molecule has 0 aliphatic heterocycles. The Labute approximate surface area is 210 Å². The quantitative estimate of drug-likeness (QED) is 0.218. The summed E-state index contributed by atoms with van der Waals surface area (Å²) in [6.07, 6.45) is 2.10. The fraction of sp³-hybridized carbons (Fsp3) is 0.0938. The van der Waals surface area contributed by atoms with Crippen molar-refractivity contribution in [3.8, 4) is 11.3 Å². The number of furan rings is 2. The maximum Gasteiger partial charge on any atom is 0.217 e. The average Bonchev–Trinajstić information content (AvgIpc) is 3.52. The topological polar surface area (TPSA) is 30.2 Å². The third-order valence-corrected chi connectivity index (χ3v) is 8.62. The molecule has 0 radical (unpaired) electrons. The fourth-order valence-electron chi connectivity index (χ4n) is 5.69. The summed E-state index contributed by atoms with van der Waals surface area (Å²) >= 11 is 1.84. The van der Waals surface area contributed by atoms with E-state index in [1.54, 1.807) is 0 Å². The summed E-state index contributed by atoms with van der Waals surface area (Å²) in [4.78, 5) is 0. The van der Waals surface area contributed by atoms with Gasteiger partial charge in [0.15, 0.2) is 5.58 Å². The maximum atomic E-state index is 6.49. The zero-order valence-electron chi connectivity index (χ0n) is 20.2. The van der Waals surface area contributed by atoms with Crippen LogP contribution < -0.4 is 4.57 Å². The Bertz CT molecular complexity index is 2190. The Morgan fingerprint density at radius 1 is 0.639 bits per heavy atom. The molecule has 0 aliphatic rings. The summed E-state index contributed by atoms with van der Waals surface area (Å²) in [5, 5.41) is 7.12. The molecule has 4 aromatic heterocycles. The third kappa shape index (κ3) is 2.65. The first-order valence-electron chi connectivity index (χ1n) is 12.2. The lowest BCUT2D eigenvalue weighted by Crippen LogP contribution is -2.30. The van der Waals surface area contributed by atoms with E-state index in [9.17, 15) is 0 Å². The monoisotopic (exact) mass is 484 g/mol. The number of nitrogens with zero attached hydrogens (tertiary/aromatic N) is 1. The third-order valence-electron chi connectivity index (χ3n) is 7.49. The van der Waals surface area contributed by atoms with Gasteiger partial charge in [-0.25, -0.2) is 0 Å². The maximum absolute atomic E-state index is 6.49. The van der Waals surface area contributed by atoms with Crippen LogP contribution in [0.5, 0.6) is 0 Å². The Kier molecular flexibility index (Phi) is 3.88. The SMILES string of the molecule is Cc1ccc2c(c1)oc1c(-c3cc4c(c[n+]3C)oc3cc5c(cc34)sc3ccccc35)c(C)ccc12. The lowest BCUT2D eigenvalue weighted by atomic mass is 9.99. The van der Waals surface area contributed by atoms with Crippen molar-refractivity contribution in [1.29, 1.82) is 0 Å². The molecule has 3 nitrogen and oxygen atoms in total. The van der Waals surface area contributed by atoms with Crippen LogP contribution in [0.2, 0.25) is 0 Å². The van der Waals surface area contributed by atoms with E-state index < -0.39 is 0 Å². The van der Waals surface area contributed by atoms with Crippen LogP contribution in [-0.2, 0) is 7.05 Å². The highest BCUT2D eigenvalue weighted by Crippen LogP contribution is 2.41. The van der Waals surface area contributed by atoms with Crippen LogP contribution in [-0.4, -0.2) is 0 Å². The smallest absolute Gasteiger partial charge is 0.217 e. The molecule has 0 fully saturated rings. The molecule has 36 heavy (non-hydrogen) atoms. The molecular formula is C32H22NO2S+. The zero-order valence-corrected chi connectivity index (χ0v) is 21.0. The lowest BCUT2D eigenvalue weighted by molar-refractivity contribution is -0.659. The molecule has 172 valence electrons. The highest BCUT2D eigenvalue weighted by atomic mass is 32.1. The Balaban J connectivity index is 1.44.